The molecule has 2 aromatic rings. The van der Waals surface area contributed by atoms with Crippen molar-refractivity contribution in [3.8, 4) is 0 Å². The first-order chi connectivity index (χ1) is 14.7. The predicted molar refractivity (Wildman–Crippen MR) is 121 cm³/mol. The number of likely N-dealkylation sites (tertiary alicyclic amines) is 1. The van der Waals surface area contributed by atoms with E-state index in [1.54, 1.807) is 55.1 Å². The topological polar surface area (TPSA) is 95.6 Å². The molecule has 1 atom stereocenters. The number of rotatable bonds is 6. The van der Waals surface area contributed by atoms with Crippen molar-refractivity contribution in [1.82, 2.24) is 9.62 Å². The Morgan fingerprint density at radius 3 is 2.32 bits per heavy atom. The third-order valence-electron chi connectivity index (χ3n) is 4.99. The third kappa shape index (κ3) is 6.06. The highest BCUT2D eigenvalue weighted by Crippen LogP contribution is 2.22. The SMILES string of the molecule is CC(C)NS(=O)(=O)c1ccc(NC(=O)C2CCCN(C(=O)c3ccc(Cl)cc3)C2)cc1. The van der Waals surface area contributed by atoms with Crippen LogP contribution >= 0.6 is 11.6 Å². The normalized spacial score (nSPS) is 16.9. The average Bonchev–Trinajstić information content (AvgIpc) is 2.73. The summed E-state index contributed by atoms with van der Waals surface area (Å²) in [5, 5.41) is 3.39. The van der Waals surface area contributed by atoms with Gasteiger partial charge < -0.3 is 10.2 Å². The molecule has 0 saturated carbocycles. The van der Waals surface area contributed by atoms with Gasteiger partial charge in [-0.2, -0.15) is 0 Å². The summed E-state index contributed by atoms with van der Waals surface area (Å²) in [7, 11) is -3.59. The lowest BCUT2D eigenvalue weighted by atomic mass is 9.96. The maximum atomic E-state index is 12.7. The third-order valence-corrected chi connectivity index (χ3v) is 6.92. The van der Waals surface area contributed by atoms with Gasteiger partial charge in [-0.15, -0.1) is 0 Å². The van der Waals surface area contributed by atoms with Gasteiger partial charge in [-0.1, -0.05) is 11.6 Å². The van der Waals surface area contributed by atoms with E-state index in [0.717, 1.165) is 6.42 Å². The van der Waals surface area contributed by atoms with Gasteiger partial charge in [-0.3, -0.25) is 9.59 Å². The minimum absolute atomic E-state index is 0.124. The maximum Gasteiger partial charge on any atom is 0.253 e. The standard InChI is InChI=1S/C22H26ClN3O4S/c1-15(2)25-31(29,30)20-11-9-19(10-12-20)24-21(27)17-4-3-13-26(14-17)22(28)16-5-7-18(23)8-6-16/h5-12,15,17,25H,3-4,13-14H2,1-2H3,(H,24,27). The summed E-state index contributed by atoms with van der Waals surface area (Å²) in [6, 6.07) is 12.5. The van der Waals surface area contributed by atoms with Gasteiger partial charge in [0.15, 0.2) is 0 Å². The van der Waals surface area contributed by atoms with Gasteiger partial charge in [-0.25, -0.2) is 13.1 Å². The number of amides is 2. The van der Waals surface area contributed by atoms with Crippen molar-refractivity contribution in [3.05, 3.63) is 59.1 Å². The number of hydrogen-bond acceptors (Lipinski definition) is 4. The molecule has 0 aliphatic carbocycles. The number of halogens is 1. The average molecular weight is 464 g/mol. The first-order valence-electron chi connectivity index (χ1n) is 10.1. The molecule has 1 heterocycles. The number of anilines is 1. The smallest absolute Gasteiger partial charge is 0.253 e. The molecule has 1 aliphatic heterocycles. The van der Waals surface area contributed by atoms with Crippen molar-refractivity contribution in [3.63, 3.8) is 0 Å². The number of piperidine rings is 1. The van der Waals surface area contributed by atoms with Crippen molar-refractivity contribution in [1.29, 1.82) is 0 Å². The Kier molecular flexibility index (Phi) is 7.35. The largest absolute Gasteiger partial charge is 0.338 e. The van der Waals surface area contributed by atoms with Gasteiger partial charge in [-0.05, 0) is 75.2 Å². The lowest BCUT2D eigenvalue weighted by Gasteiger charge is -2.32. The fourth-order valence-corrected chi connectivity index (χ4v) is 4.87. The fraction of sp³-hybridized carbons (Fsp3) is 0.364. The van der Waals surface area contributed by atoms with E-state index in [-0.39, 0.29) is 28.7 Å². The summed E-state index contributed by atoms with van der Waals surface area (Å²) < 4.78 is 27.0. The molecule has 31 heavy (non-hydrogen) atoms. The second-order valence-corrected chi connectivity index (χ2v) is 10.0. The molecular weight excluding hydrogens is 438 g/mol. The molecule has 0 spiro atoms. The van der Waals surface area contributed by atoms with Crippen LogP contribution in [0.3, 0.4) is 0 Å². The van der Waals surface area contributed by atoms with Crippen LogP contribution in [0.2, 0.25) is 5.02 Å². The molecule has 1 unspecified atom stereocenters. The van der Waals surface area contributed by atoms with Crippen LogP contribution in [0.4, 0.5) is 5.69 Å². The molecule has 2 aromatic carbocycles. The highest BCUT2D eigenvalue weighted by Gasteiger charge is 2.29. The Balaban J connectivity index is 1.62. The molecule has 2 amide bonds. The zero-order chi connectivity index (χ0) is 22.6. The summed E-state index contributed by atoms with van der Waals surface area (Å²) in [5.74, 6) is -0.651. The molecule has 1 aliphatic rings. The highest BCUT2D eigenvalue weighted by atomic mass is 35.5. The van der Waals surface area contributed by atoms with E-state index in [1.165, 1.54) is 12.1 Å². The predicted octanol–water partition coefficient (Wildman–Crippen LogP) is 3.52. The second kappa shape index (κ2) is 9.80. The van der Waals surface area contributed by atoms with E-state index in [1.807, 2.05) is 0 Å². The molecular formula is C22H26ClN3O4S. The molecule has 2 N–H and O–H groups in total. The molecule has 0 aromatic heterocycles. The molecule has 7 nitrogen and oxygen atoms in total. The van der Waals surface area contributed by atoms with E-state index in [2.05, 4.69) is 10.0 Å². The Labute approximate surface area is 187 Å². The van der Waals surface area contributed by atoms with Gasteiger partial charge in [0.1, 0.15) is 0 Å². The Morgan fingerprint density at radius 2 is 1.71 bits per heavy atom. The number of nitrogens with one attached hydrogen (secondary N) is 2. The van der Waals surface area contributed by atoms with Gasteiger partial charge >= 0.3 is 0 Å². The van der Waals surface area contributed by atoms with Crippen molar-refractivity contribution in [2.24, 2.45) is 5.92 Å². The van der Waals surface area contributed by atoms with Gasteiger partial charge in [0.25, 0.3) is 5.91 Å². The van der Waals surface area contributed by atoms with Crippen molar-refractivity contribution in [2.45, 2.75) is 37.6 Å². The van der Waals surface area contributed by atoms with Crippen molar-refractivity contribution < 1.29 is 18.0 Å². The molecule has 0 radical (unpaired) electrons. The van der Waals surface area contributed by atoms with E-state index < -0.39 is 10.0 Å². The molecule has 3 rings (SSSR count). The molecule has 9 heteroatoms. The van der Waals surface area contributed by atoms with Crippen LogP contribution in [0.1, 0.15) is 37.0 Å². The molecule has 1 saturated heterocycles. The minimum Gasteiger partial charge on any atom is -0.338 e. The van der Waals surface area contributed by atoms with Gasteiger partial charge in [0, 0.05) is 35.4 Å². The van der Waals surface area contributed by atoms with Crippen LogP contribution < -0.4 is 10.0 Å². The monoisotopic (exact) mass is 463 g/mol. The second-order valence-electron chi connectivity index (χ2n) is 7.89. The van der Waals surface area contributed by atoms with E-state index in [4.69, 9.17) is 11.6 Å². The molecule has 166 valence electrons. The Bertz CT molecular complexity index is 1040. The molecule has 1 fully saturated rings. The van der Waals surface area contributed by atoms with Crippen LogP contribution in [-0.4, -0.2) is 44.3 Å². The lowest BCUT2D eigenvalue weighted by Crippen LogP contribution is -2.43. The Hall–Kier alpha value is -2.42. The summed E-state index contributed by atoms with van der Waals surface area (Å²) in [4.78, 5) is 27.3. The van der Waals surface area contributed by atoms with Crippen LogP contribution in [-0.2, 0) is 14.8 Å². The number of sulfonamides is 1. The number of benzene rings is 2. The van der Waals surface area contributed by atoms with Crippen molar-refractivity contribution in [2.75, 3.05) is 18.4 Å². The Morgan fingerprint density at radius 1 is 1.06 bits per heavy atom. The lowest BCUT2D eigenvalue weighted by molar-refractivity contribution is -0.121. The first kappa shape index (κ1) is 23.2. The minimum atomic E-state index is -3.59. The summed E-state index contributed by atoms with van der Waals surface area (Å²) in [5.41, 5.74) is 1.05. The van der Waals surface area contributed by atoms with E-state index in [9.17, 15) is 18.0 Å². The van der Waals surface area contributed by atoms with Gasteiger partial charge in [0.2, 0.25) is 15.9 Å². The maximum absolute atomic E-state index is 12.7. The van der Waals surface area contributed by atoms with Crippen LogP contribution in [0.5, 0.6) is 0 Å². The number of hydrogen-bond donors (Lipinski definition) is 2. The first-order valence-corrected chi connectivity index (χ1v) is 12.0. The quantitative estimate of drug-likeness (QED) is 0.685. The van der Waals surface area contributed by atoms with Gasteiger partial charge in [0.05, 0.1) is 10.8 Å². The summed E-state index contributed by atoms with van der Waals surface area (Å²) in [6.07, 6.45) is 1.41. The van der Waals surface area contributed by atoms with Crippen LogP contribution in [0.15, 0.2) is 53.4 Å². The number of carbonyl (C=O) groups excluding carboxylic acids is 2. The highest BCUT2D eigenvalue weighted by molar-refractivity contribution is 7.89. The zero-order valence-electron chi connectivity index (χ0n) is 17.5. The zero-order valence-corrected chi connectivity index (χ0v) is 19.0. The molecule has 0 bridgehead atoms. The number of nitrogens with zero attached hydrogens (tertiary/aromatic N) is 1. The van der Waals surface area contributed by atoms with Crippen molar-refractivity contribution >= 4 is 39.1 Å². The summed E-state index contributed by atoms with van der Waals surface area (Å²) in [6.45, 7) is 4.42. The van der Waals surface area contributed by atoms with E-state index >= 15 is 0 Å². The number of carbonyl (C=O) groups is 2. The van der Waals surface area contributed by atoms with Crippen LogP contribution in [0.25, 0.3) is 0 Å². The van der Waals surface area contributed by atoms with E-state index in [0.29, 0.717) is 35.8 Å². The fourth-order valence-electron chi connectivity index (χ4n) is 3.49. The summed E-state index contributed by atoms with van der Waals surface area (Å²) >= 11 is 5.89. The van der Waals surface area contributed by atoms with Crippen LogP contribution in [0, 0.1) is 5.92 Å².